The topological polar surface area (TPSA) is 67.3 Å². The first kappa shape index (κ1) is 13.4. The van der Waals surface area contributed by atoms with Crippen LogP contribution in [0.25, 0.3) is 0 Å². The summed E-state index contributed by atoms with van der Waals surface area (Å²) in [6.07, 6.45) is 3.44. The molecule has 0 aromatic carbocycles. The molecule has 1 heterocycles. The van der Waals surface area contributed by atoms with Gasteiger partial charge in [0.05, 0.1) is 29.7 Å². The van der Waals surface area contributed by atoms with Crippen LogP contribution in [-0.2, 0) is 6.54 Å². The molecule has 18 heavy (non-hydrogen) atoms. The normalized spacial score (nSPS) is 18.1. The quantitative estimate of drug-likeness (QED) is 0.818. The van der Waals surface area contributed by atoms with Gasteiger partial charge in [-0.3, -0.25) is 4.68 Å². The van der Waals surface area contributed by atoms with Crippen molar-refractivity contribution in [3.8, 4) is 0 Å². The van der Waals surface area contributed by atoms with Gasteiger partial charge >= 0.3 is 0 Å². The molecule has 2 rings (SSSR count). The predicted molar refractivity (Wildman–Crippen MR) is 72.4 cm³/mol. The van der Waals surface area contributed by atoms with Crippen LogP contribution in [0.4, 0.5) is 5.69 Å². The third-order valence-electron chi connectivity index (χ3n) is 4.02. The standard InChI is InChI=1S/C13H24N4O/c1-9-13(14)10(2)17(15-9)8-12(18)7-16(3)11-5-4-6-11/h11-12,18H,4-8,14H2,1-3H3. The molecule has 1 saturated carbocycles. The molecule has 0 spiro atoms. The summed E-state index contributed by atoms with van der Waals surface area (Å²) in [5.41, 5.74) is 8.40. The molecule has 1 aromatic rings. The van der Waals surface area contributed by atoms with Gasteiger partial charge in [-0.05, 0) is 33.7 Å². The van der Waals surface area contributed by atoms with Crippen molar-refractivity contribution in [2.75, 3.05) is 19.3 Å². The first-order valence-electron chi connectivity index (χ1n) is 6.66. The largest absolute Gasteiger partial charge is 0.396 e. The smallest absolute Gasteiger partial charge is 0.0862 e. The summed E-state index contributed by atoms with van der Waals surface area (Å²) in [5, 5.41) is 14.5. The zero-order valence-corrected chi connectivity index (χ0v) is 11.6. The van der Waals surface area contributed by atoms with Gasteiger partial charge in [0.25, 0.3) is 0 Å². The van der Waals surface area contributed by atoms with E-state index in [0.29, 0.717) is 19.1 Å². The lowest BCUT2D eigenvalue weighted by Gasteiger charge is -2.35. The molecular formula is C13H24N4O. The minimum Gasteiger partial charge on any atom is -0.396 e. The fourth-order valence-corrected chi connectivity index (χ4v) is 2.45. The average Bonchev–Trinajstić information content (AvgIpc) is 2.43. The maximum absolute atomic E-state index is 10.1. The SMILES string of the molecule is Cc1nn(CC(O)CN(C)C2CCC2)c(C)c1N. The van der Waals surface area contributed by atoms with Crippen molar-refractivity contribution in [1.82, 2.24) is 14.7 Å². The maximum Gasteiger partial charge on any atom is 0.0862 e. The molecule has 0 bridgehead atoms. The Morgan fingerprint density at radius 1 is 1.50 bits per heavy atom. The zero-order valence-electron chi connectivity index (χ0n) is 11.6. The Labute approximate surface area is 109 Å². The second kappa shape index (κ2) is 5.28. The number of aryl methyl sites for hydroxylation is 1. The highest BCUT2D eigenvalue weighted by atomic mass is 16.3. The van der Waals surface area contributed by atoms with E-state index >= 15 is 0 Å². The number of rotatable bonds is 5. The van der Waals surface area contributed by atoms with E-state index in [-0.39, 0.29) is 0 Å². The fraction of sp³-hybridized carbons (Fsp3) is 0.769. The van der Waals surface area contributed by atoms with Gasteiger partial charge in [-0.2, -0.15) is 5.10 Å². The molecule has 3 N–H and O–H groups in total. The average molecular weight is 252 g/mol. The molecule has 1 aromatic heterocycles. The molecular weight excluding hydrogens is 228 g/mol. The lowest BCUT2D eigenvalue weighted by Crippen LogP contribution is -2.42. The molecule has 0 amide bonds. The van der Waals surface area contributed by atoms with Crippen molar-refractivity contribution in [3.05, 3.63) is 11.4 Å². The number of nitrogens with two attached hydrogens (primary N) is 1. The van der Waals surface area contributed by atoms with Crippen LogP contribution in [-0.4, -0.2) is 45.5 Å². The number of hydrogen-bond donors (Lipinski definition) is 2. The Kier molecular flexibility index (Phi) is 3.92. The number of hydrogen-bond acceptors (Lipinski definition) is 4. The first-order chi connectivity index (χ1) is 8.49. The van der Waals surface area contributed by atoms with Crippen molar-refractivity contribution in [2.24, 2.45) is 0 Å². The van der Waals surface area contributed by atoms with E-state index in [1.165, 1.54) is 19.3 Å². The van der Waals surface area contributed by atoms with Crippen LogP contribution in [0, 0.1) is 13.8 Å². The Bertz CT molecular complexity index is 411. The lowest BCUT2D eigenvalue weighted by atomic mass is 9.92. The number of nitrogen functional groups attached to an aromatic ring is 1. The minimum absolute atomic E-state index is 0.395. The minimum atomic E-state index is -0.395. The van der Waals surface area contributed by atoms with E-state index < -0.39 is 6.10 Å². The molecule has 1 unspecified atom stereocenters. The summed E-state index contributed by atoms with van der Waals surface area (Å²) in [4.78, 5) is 2.25. The molecule has 5 nitrogen and oxygen atoms in total. The summed E-state index contributed by atoms with van der Waals surface area (Å²) in [5.74, 6) is 0. The Morgan fingerprint density at radius 3 is 2.61 bits per heavy atom. The van der Waals surface area contributed by atoms with Crippen LogP contribution >= 0.6 is 0 Å². The molecule has 1 fully saturated rings. The predicted octanol–water partition coefficient (Wildman–Crippen LogP) is 0.927. The number of nitrogens with zero attached hydrogens (tertiary/aromatic N) is 3. The summed E-state index contributed by atoms with van der Waals surface area (Å²) in [6, 6.07) is 0.658. The highest BCUT2D eigenvalue weighted by Crippen LogP contribution is 2.23. The van der Waals surface area contributed by atoms with E-state index in [1.807, 2.05) is 18.5 Å². The summed E-state index contributed by atoms with van der Waals surface area (Å²) in [6.45, 7) is 5.05. The van der Waals surface area contributed by atoms with Gasteiger partial charge in [-0.1, -0.05) is 6.42 Å². The second-order valence-corrected chi connectivity index (χ2v) is 5.44. The van der Waals surface area contributed by atoms with Gasteiger partial charge in [0, 0.05) is 12.6 Å². The van der Waals surface area contributed by atoms with Crippen LogP contribution in [0.5, 0.6) is 0 Å². The molecule has 5 heteroatoms. The van der Waals surface area contributed by atoms with E-state index in [0.717, 1.165) is 17.1 Å². The first-order valence-corrected chi connectivity index (χ1v) is 6.66. The van der Waals surface area contributed by atoms with Crippen LogP contribution in [0.2, 0.25) is 0 Å². The molecule has 0 aliphatic heterocycles. The number of likely N-dealkylation sites (N-methyl/N-ethyl adjacent to an activating group) is 1. The highest BCUT2D eigenvalue weighted by molar-refractivity contribution is 5.46. The molecule has 1 aliphatic carbocycles. The maximum atomic E-state index is 10.1. The van der Waals surface area contributed by atoms with Crippen LogP contribution in [0.15, 0.2) is 0 Å². The van der Waals surface area contributed by atoms with Crippen LogP contribution < -0.4 is 5.73 Å². The number of aliphatic hydroxyl groups is 1. The Hall–Kier alpha value is -1.07. The second-order valence-electron chi connectivity index (χ2n) is 5.44. The fourth-order valence-electron chi connectivity index (χ4n) is 2.45. The molecule has 0 radical (unpaired) electrons. The van der Waals surface area contributed by atoms with Crippen LogP contribution in [0.3, 0.4) is 0 Å². The monoisotopic (exact) mass is 252 g/mol. The van der Waals surface area contributed by atoms with Crippen molar-refractivity contribution in [1.29, 1.82) is 0 Å². The van der Waals surface area contributed by atoms with Crippen molar-refractivity contribution in [3.63, 3.8) is 0 Å². The van der Waals surface area contributed by atoms with E-state index in [2.05, 4.69) is 17.0 Å². The van der Waals surface area contributed by atoms with Crippen molar-refractivity contribution in [2.45, 2.75) is 51.8 Å². The van der Waals surface area contributed by atoms with Gasteiger partial charge in [-0.25, -0.2) is 0 Å². The van der Waals surface area contributed by atoms with Gasteiger partial charge < -0.3 is 15.7 Å². The Morgan fingerprint density at radius 2 is 2.17 bits per heavy atom. The van der Waals surface area contributed by atoms with E-state index in [4.69, 9.17) is 5.73 Å². The van der Waals surface area contributed by atoms with Gasteiger partial charge in [0.1, 0.15) is 0 Å². The van der Waals surface area contributed by atoms with Crippen molar-refractivity contribution < 1.29 is 5.11 Å². The Balaban J connectivity index is 1.89. The number of aliphatic hydroxyl groups excluding tert-OH is 1. The number of aromatic nitrogens is 2. The molecule has 1 atom stereocenters. The van der Waals surface area contributed by atoms with Gasteiger partial charge in [-0.15, -0.1) is 0 Å². The van der Waals surface area contributed by atoms with Crippen molar-refractivity contribution >= 4 is 5.69 Å². The van der Waals surface area contributed by atoms with E-state index in [1.54, 1.807) is 0 Å². The van der Waals surface area contributed by atoms with Gasteiger partial charge in [0.15, 0.2) is 0 Å². The molecule has 0 saturated heterocycles. The summed E-state index contributed by atoms with van der Waals surface area (Å²) >= 11 is 0. The van der Waals surface area contributed by atoms with Crippen LogP contribution in [0.1, 0.15) is 30.7 Å². The summed E-state index contributed by atoms with van der Waals surface area (Å²) in [7, 11) is 2.09. The third-order valence-corrected chi connectivity index (χ3v) is 4.02. The molecule has 1 aliphatic rings. The number of anilines is 1. The zero-order chi connectivity index (χ0) is 13.3. The summed E-state index contributed by atoms with van der Waals surface area (Å²) < 4.78 is 1.81. The highest BCUT2D eigenvalue weighted by Gasteiger charge is 2.24. The molecule has 102 valence electrons. The third kappa shape index (κ3) is 2.67. The lowest BCUT2D eigenvalue weighted by molar-refractivity contribution is 0.0656. The van der Waals surface area contributed by atoms with Gasteiger partial charge in [0.2, 0.25) is 0 Å². The van der Waals surface area contributed by atoms with E-state index in [9.17, 15) is 5.11 Å².